The third kappa shape index (κ3) is 5.12. The molecule has 5 rings (SSSR count). The molecule has 3 heterocycles. The number of aromatic nitrogens is 1. The highest BCUT2D eigenvalue weighted by Crippen LogP contribution is 2.35. The van der Waals surface area contributed by atoms with Gasteiger partial charge in [-0.15, -0.1) is 11.3 Å². The maximum absolute atomic E-state index is 14.1. The zero-order valence-electron chi connectivity index (χ0n) is 18.4. The number of piperidine rings is 1. The van der Waals surface area contributed by atoms with Gasteiger partial charge in [0.1, 0.15) is 10.3 Å². The van der Waals surface area contributed by atoms with Crippen LogP contribution in [0.2, 0.25) is 9.36 Å². The van der Waals surface area contributed by atoms with Gasteiger partial charge < -0.3 is 0 Å². The second kappa shape index (κ2) is 10.2. The molecule has 0 aliphatic carbocycles. The van der Waals surface area contributed by atoms with Crippen molar-refractivity contribution < 1.29 is 13.2 Å². The Labute approximate surface area is 221 Å². The summed E-state index contributed by atoms with van der Waals surface area (Å²) in [5.41, 5.74) is 1.66. The summed E-state index contributed by atoms with van der Waals surface area (Å²) in [4.78, 5) is 20.4. The average molecular weight is 567 g/mol. The quantitative estimate of drug-likeness (QED) is 0.269. The molecular weight excluding hydrogens is 545 g/mol. The number of thiophene rings is 1. The van der Waals surface area contributed by atoms with Crippen LogP contribution in [0.4, 0.5) is 5.13 Å². The standard InChI is InChI=1S/C24H21Cl2N3O3S3/c25-17-9-10-18-20(14-17)33-24(27-18)28(15-16-6-2-1-3-7-16)23(30)19-8-4-5-13-29(19)35(31,32)22-12-11-21(26)34-22/h1-3,6-7,9-12,14,19H,4-5,8,13,15H2. The van der Waals surface area contributed by atoms with E-state index in [0.29, 0.717) is 27.3 Å². The first-order chi connectivity index (χ1) is 16.8. The van der Waals surface area contributed by atoms with E-state index in [1.165, 1.54) is 21.7 Å². The normalized spacial score (nSPS) is 17.0. The number of hydrogen-bond acceptors (Lipinski definition) is 6. The molecule has 2 aromatic heterocycles. The third-order valence-electron chi connectivity index (χ3n) is 5.87. The molecule has 182 valence electrons. The largest absolute Gasteiger partial charge is 0.282 e. The van der Waals surface area contributed by atoms with Gasteiger partial charge in [0.25, 0.3) is 10.0 Å². The predicted molar refractivity (Wildman–Crippen MR) is 143 cm³/mol. The maximum atomic E-state index is 14.1. The molecule has 1 atom stereocenters. The van der Waals surface area contributed by atoms with Crippen molar-refractivity contribution in [1.29, 1.82) is 0 Å². The Morgan fingerprint density at radius 1 is 1.06 bits per heavy atom. The van der Waals surface area contributed by atoms with Crippen LogP contribution >= 0.6 is 45.9 Å². The Morgan fingerprint density at radius 3 is 2.60 bits per heavy atom. The van der Waals surface area contributed by atoms with Crippen LogP contribution in [0.3, 0.4) is 0 Å². The molecule has 2 aromatic carbocycles. The number of carbonyl (C=O) groups excluding carboxylic acids is 1. The third-order valence-corrected chi connectivity index (χ3v) is 10.8. The van der Waals surface area contributed by atoms with Crippen molar-refractivity contribution >= 4 is 77.2 Å². The molecular formula is C24H21Cl2N3O3S3. The number of rotatable bonds is 6. The monoisotopic (exact) mass is 565 g/mol. The van der Waals surface area contributed by atoms with E-state index >= 15 is 0 Å². The van der Waals surface area contributed by atoms with E-state index in [0.717, 1.165) is 33.5 Å². The van der Waals surface area contributed by atoms with E-state index in [9.17, 15) is 13.2 Å². The molecule has 0 N–H and O–H groups in total. The summed E-state index contributed by atoms with van der Waals surface area (Å²) in [7, 11) is -3.87. The predicted octanol–water partition coefficient (Wildman–Crippen LogP) is 6.44. The first-order valence-electron chi connectivity index (χ1n) is 11.0. The fourth-order valence-corrected chi connectivity index (χ4v) is 8.69. The molecule has 4 aromatic rings. The summed E-state index contributed by atoms with van der Waals surface area (Å²) in [6, 6.07) is 17.2. The van der Waals surface area contributed by atoms with E-state index in [-0.39, 0.29) is 23.2 Å². The van der Waals surface area contributed by atoms with Gasteiger partial charge in [0.15, 0.2) is 5.13 Å². The van der Waals surface area contributed by atoms with Gasteiger partial charge in [-0.2, -0.15) is 4.31 Å². The number of anilines is 1. The highest BCUT2D eigenvalue weighted by atomic mass is 35.5. The number of nitrogens with zero attached hydrogens (tertiary/aromatic N) is 3. The van der Waals surface area contributed by atoms with Gasteiger partial charge in [-0.1, -0.05) is 71.3 Å². The lowest BCUT2D eigenvalue weighted by atomic mass is 10.0. The molecule has 1 aliphatic heterocycles. The molecule has 11 heteroatoms. The van der Waals surface area contributed by atoms with Crippen LogP contribution in [-0.2, 0) is 21.4 Å². The van der Waals surface area contributed by atoms with Gasteiger partial charge in [-0.3, -0.25) is 9.69 Å². The van der Waals surface area contributed by atoms with E-state index < -0.39 is 16.1 Å². The van der Waals surface area contributed by atoms with Crippen molar-refractivity contribution in [2.45, 2.75) is 36.1 Å². The van der Waals surface area contributed by atoms with Crippen LogP contribution in [0, 0.1) is 0 Å². The second-order valence-corrected chi connectivity index (χ2v) is 13.5. The maximum Gasteiger partial charge on any atom is 0.253 e. The van der Waals surface area contributed by atoms with Gasteiger partial charge in [-0.05, 0) is 48.7 Å². The fraction of sp³-hybridized carbons (Fsp3) is 0.250. The molecule has 1 fully saturated rings. The van der Waals surface area contributed by atoms with Crippen LogP contribution in [-0.4, -0.2) is 36.2 Å². The lowest BCUT2D eigenvalue weighted by Crippen LogP contribution is -2.52. The van der Waals surface area contributed by atoms with Crippen molar-refractivity contribution in [3.8, 4) is 0 Å². The molecule has 1 saturated heterocycles. The van der Waals surface area contributed by atoms with Gasteiger partial charge in [0, 0.05) is 11.6 Å². The SMILES string of the molecule is O=C(C1CCCCN1S(=O)(=O)c1ccc(Cl)s1)N(Cc1ccccc1)c1nc2ccc(Cl)cc2s1. The summed E-state index contributed by atoms with van der Waals surface area (Å²) in [5.74, 6) is -0.287. The first-order valence-corrected chi connectivity index (χ1v) is 14.8. The number of benzene rings is 2. The van der Waals surface area contributed by atoms with Gasteiger partial charge in [0.05, 0.1) is 21.1 Å². The minimum atomic E-state index is -3.87. The smallest absolute Gasteiger partial charge is 0.253 e. The lowest BCUT2D eigenvalue weighted by Gasteiger charge is -2.35. The minimum Gasteiger partial charge on any atom is -0.282 e. The first kappa shape index (κ1) is 24.7. The molecule has 1 unspecified atom stereocenters. The topological polar surface area (TPSA) is 70.6 Å². The van der Waals surface area contributed by atoms with Crippen molar-refractivity contribution in [3.63, 3.8) is 0 Å². The number of sulfonamides is 1. The fourth-order valence-electron chi connectivity index (χ4n) is 4.18. The lowest BCUT2D eigenvalue weighted by molar-refractivity contribution is -0.123. The number of halogens is 2. The second-order valence-electron chi connectivity index (χ2n) is 8.20. The number of hydrogen-bond donors (Lipinski definition) is 0. The van der Waals surface area contributed by atoms with E-state index in [1.807, 2.05) is 42.5 Å². The Hall–Kier alpha value is -2.01. The number of amides is 1. The van der Waals surface area contributed by atoms with Crippen LogP contribution in [0.15, 0.2) is 64.9 Å². The summed E-state index contributed by atoms with van der Waals surface area (Å²) >= 11 is 14.6. The zero-order chi connectivity index (χ0) is 24.6. The van der Waals surface area contributed by atoms with Crippen molar-refractivity contribution in [3.05, 3.63) is 75.6 Å². The average Bonchev–Trinajstić information content (AvgIpc) is 3.49. The van der Waals surface area contributed by atoms with Crippen LogP contribution < -0.4 is 4.90 Å². The van der Waals surface area contributed by atoms with E-state index in [1.54, 1.807) is 17.0 Å². The van der Waals surface area contributed by atoms with E-state index in [4.69, 9.17) is 28.2 Å². The van der Waals surface area contributed by atoms with Crippen LogP contribution in [0.5, 0.6) is 0 Å². The molecule has 0 spiro atoms. The van der Waals surface area contributed by atoms with Gasteiger partial charge in [-0.25, -0.2) is 13.4 Å². The summed E-state index contributed by atoms with van der Waals surface area (Å²) in [5, 5.41) is 1.10. The Balaban J connectivity index is 1.54. The molecule has 6 nitrogen and oxygen atoms in total. The highest BCUT2D eigenvalue weighted by Gasteiger charge is 2.41. The summed E-state index contributed by atoms with van der Waals surface area (Å²) in [6.45, 7) is 0.561. The highest BCUT2D eigenvalue weighted by molar-refractivity contribution is 7.91. The number of thiazole rings is 1. The molecule has 1 aliphatic rings. The zero-order valence-corrected chi connectivity index (χ0v) is 22.4. The molecule has 0 bridgehead atoms. The Morgan fingerprint density at radius 2 is 1.86 bits per heavy atom. The van der Waals surface area contributed by atoms with Crippen molar-refractivity contribution in [1.82, 2.24) is 9.29 Å². The molecule has 1 amide bonds. The van der Waals surface area contributed by atoms with Gasteiger partial charge in [0.2, 0.25) is 5.91 Å². The van der Waals surface area contributed by atoms with E-state index in [2.05, 4.69) is 0 Å². The number of carbonyl (C=O) groups is 1. The van der Waals surface area contributed by atoms with Crippen molar-refractivity contribution in [2.75, 3.05) is 11.4 Å². The number of fused-ring (bicyclic) bond motifs is 1. The Kier molecular flexibility index (Phi) is 7.16. The Bertz CT molecular complexity index is 1470. The van der Waals surface area contributed by atoms with Crippen molar-refractivity contribution in [2.24, 2.45) is 0 Å². The minimum absolute atomic E-state index is 0.145. The van der Waals surface area contributed by atoms with Crippen LogP contribution in [0.25, 0.3) is 10.2 Å². The summed E-state index contributed by atoms with van der Waals surface area (Å²) < 4.78 is 29.7. The molecule has 35 heavy (non-hydrogen) atoms. The summed E-state index contributed by atoms with van der Waals surface area (Å²) in [6.07, 6.45) is 1.90. The molecule has 0 radical (unpaired) electrons. The van der Waals surface area contributed by atoms with Gasteiger partial charge >= 0.3 is 0 Å². The van der Waals surface area contributed by atoms with Crippen LogP contribution in [0.1, 0.15) is 24.8 Å². The molecule has 0 saturated carbocycles.